The molecule has 5 heteroatoms. The zero-order valence-corrected chi connectivity index (χ0v) is 16.9. The fourth-order valence-electron chi connectivity index (χ4n) is 2.61. The molecule has 28 heavy (non-hydrogen) atoms. The second-order valence-corrected chi connectivity index (χ2v) is 7.27. The van der Waals surface area contributed by atoms with Crippen LogP contribution in [0.5, 0.6) is 5.75 Å². The number of rotatable bonds is 6. The molecule has 0 aliphatic heterocycles. The van der Waals surface area contributed by atoms with Crippen LogP contribution in [-0.4, -0.2) is 17.7 Å². The number of benzene rings is 1. The molecule has 0 saturated carbocycles. The predicted molar refractivity (Wildman–Crippen MR) is 111 cm³/mol. The van der Waals surface area contributed by atoms with Gasteiger partial charge < -0.3 is 13.9 Å². The summed E-state index contributed by atoms with van der Waals surface area (Å²) in [7, 11) is 0. The lowest BCUT2D eigenvalue weighted by atomic mass is 10.0. The van der Waals surface area contributed by atoms with Gasteiger partial charge in [0, 0.05) is 17.5 Å². The maximum absolute atomic E-state index is 12.1. The average molecular weight is 382 g/mol. The zero-order valence-electron chi connectivity index (χ0n) is 16.9. The summed E-state index contributed by atoms with van der Waals surface area (Å²) in [5.41, 5.74) is 0.933. The van der Waals surface area contributed by atoms with Gasteiger partial charge in [-0.25, -0.2) is 9.59 Å². The minimum Gasteiger partial charge on any atom is -0.479 e. The summed E-state index contributed by atoms with van der Waals surface area (Å²) >= 11 is 0. The predicted octanol–water partition coefficient (Wildman–Crippen LogP) is 5.05. The summed E-state index contributed by atoms with van der Waals surface area (Å²) in [5, 5.41) is 0.763. The summed E-state index contributed by atoms with van der Waals surface area (Å²) < 4.78 is 16.3. The molecule has 1 heterocycles. The van der Waals surface area contributed by atoms with E-state index < -0.39 is 23.3 Å². The van der Waals surface area contributed by atoms with E-state index in [2.05, 4.69) is 6.58 Å². The van der Waals surface area contributed by atoms with Gasteiger partial charge in [0.1, 0.15) is 16.9 Å². The maximum atomic E-state index is 12.1. The van der Waals surface area contributed by atoms with Crippen molar-refractivity contribution >= 4 is 22.5 Å². The van der Waals surface area contributed by atoms with Gasteiger partial charge in [0.25, 0.3) is 0 Å². The molecule has 0 radical (unpaired) electrons. The Morgan fingerprint density at radius 3 is 2.57 bits per heavy atom. The van der Waals surface area contributed by atoms with Crippen molar-refractivity contribution in [1.82, 2.24) is 0 Å². The van der Waals surface area contributed by atoms with Crippen molar-refractivity contribution in [3.63, 3.8) is 0 Å². The average Bonchev–Trinajstić information content (AvgIpc) is 2.60. The number of ether oxygens (including phenoxy) is 2. The van der Waals surface area contributed by atoms with E-state index >= 15 is 0 Å². The molecule has 0 spiro atoms. The Labute approximate surface area is 165 Å². The van der Waals surface area contributed by atoms with Crippen LogP contribution in [0.2, 0.25) is 0 Å². The molecule has 0 amide bonds. The van der Waals surface area contributed by atoms with Gasteiger partial charge >= 0.3 is 11.6 Å². The molecular weight excluding hydrogens is 356 g/mol. The van der Waals surface area contributed by atoms with Crippen LogP contribution in [0.1, 0.15) is 40.2 Å². The third-order valence-corrected chi connectivity index (χ3v) is 3.80. The van der Waals surface area contributed by atoms with Crippen LogP contribution in [0.15, 0.2) is 64.4 Å². The minimum absolute atomic E-state index is 0.378. The molecule has 1 aromatic carbocycles. The Kier molecular flexibility index (Phi) is 6.62. The third-order valence-electron chi connectivity index (χ3n) is 3.80. The first-order valence-electron chi connectivity index (χ1n) is 9.08. The van der Waals surface area contributed by atoms with E-state index in [0.717, 1.165) is 16.5 Å². The van der Waals surface area contributed by atoms with Crippen LogP contribution in [0.25, 0.3) is 16.5 Å². The molecule has 2 aromatic rings. The highest BCUT2D eigenvalue weighted by molar-refractivity contribution is 5.93. The first kappa shape index (κ1) is 21.2. The highest BCUT2D eigenvalue weighted by atomic mass is 16.6. The zero-order chi connectivity index (χ0) is 20.9. The van der Waals surface area contributed by atoms with Crippen molar-refractivity contribution in [2.75, 3.05) is 0 Å². The van der Waals surface area contributed by atoms with Crippen molar-refractivity contribution in [3.05, 3.63) is 71.1 Å². The fraction of sp³-hybridized carbons (Fsp3) is 0.304. The highest BCUT2D eigenvalue weighted by Crippen LogP contribution is 2.28. The number of hydrogen-bond donors (Lipinski definition) is 0. The molecule has 0 saturated heterocycles. The summed E-state index contributed by atoms with van der Waals surface area (Å²) in [6.07, 6.45) is 6.45. The van der Waals surface area contributed by atoms with Crippen molar-refractivity contribution in [2.24, 2.45) is 0 Å². The van der Waals surface area contributed by atoms with Crippen LogP contribution in [0.3, 0.4) is 0 Å². The van der Waals surface area contributed by atoms with Gasteiger partial charge in [-0.15, -0.1) is 0 Å². The quantitative estimate of drug-likeness (QED) is 0.397. The molecule has 0 unspecified atom stereocenters. The number of hydrogen-bond acceptors (Lipinski definition) is 5. The number of allylic oxidation sites excluding steroid dienone is 5. The van der Waals surface area contributed by atoms with E-state index in [-0.39, 0.29) is 0 Å². The molecule has 2 rings (SSSR count). The van der Waals surface area contributed by atoms with Gasteiger partial charge in [-0.1, -0.05) is 30.9 Å². The normalized spacial score (nSPS) is 13.5. The molecule has 0 N–H and O–H groups in total. The van der Waals surface area contributed by atoms with E-state index in [1.807, 2.05) is 19.1 Å². The number of fused-ring (bicyclic) bond motifs is 1. The Hall–Kier alpha value is -3.08. The van der Waals surface area contributed by atoms with Gasteiger partial charge in [-0.3, -0.25) is 0 Å². The van der Waals surface area contributed by atoms with Gasteiger partial charge in [0.15, 0.2) is 6.10 Å². The Bertz CT molecular complexity index is 986. The highest BCUT2D eigenvalue weighted by Gasteiger charge is 2.23. The van der Waals surface area contributed by atoms with E-state index in [9.17, 15) is 9.59 Å². The van der Waals surface area contributed by atoms with Gasteiger partial charge in [-0.05, 0) is 57.9 Å². The van der Waals surface area contributed by atoms with Crippen molar-refractivity contribution in [3.8, 4) is 5.75 Å². The molecule has 5 nitrogen and oxygen atoms in total. The summed E-state index contributed by atoms with van der Waals surface area (Å²) in [5.74, 6) is -0.0524. The van der Waals surface area contributed by atoms with E-state index in [4.69, 9.17) is 13.9 Å². The smallest absolute Gasteiger partial charge is 0.347 e. The van der Waals surface area contributed by atoms with E-state index in [1.165, 1.54) is 6.07 Å². The Balaban J connectivity index is 2.38. The molecule has 0 aliphatic carbocycles. The molecule has 148 valence electrons. The fourth-order valence-corrected chi connectivity index (χ4v) is 2.61. The topological polar surface area (TPSA) is 65.7 Å². The Morgan fingerprint density at radius 2 is 1.96 bits per heavy atom. The summed E-state index contributed by atoms with van der Waals surface area (Å²) in [6, 6.07) is 6.59. The van der Waals surface area contributed by atoms with E-state index in [1.54, 1.807) is 58.0 Å². The lowest BCUT2D eigenvalue weighted by Crippen LogP contribution is -2.33. The summed E-state index contributed by atoms with van der Waals surface area (Å²) in [6.45, 7) is 12.6. The standard InChI is InChI=1S/C23H26O5/c1-7-9-10-16(8-2)19-14-21(24)27-20-13-17(11-12-18(19)20)26-15(3)22(25)28-23(4,5)6/h7-15H,1H2,2-6H3/b10-9-,16-8+/t15-/m1/s1. The maximum Gasteiger partial charge on any atom is 0.347 e. The van der Waals surface area contributed by atoms with Gasteiger partial charge in [-0.2, -0.15) is 0 Å². The summed E-state index contributed by atoms with van der Waals surface area (Å²) in [4.78, 5) is 24.2. The van der Waals surface area contributed by atoms with Gasteiger partial charge in [0.2, 0.25) is 0 Å². The van der Waals surface area contributed by atoms with Crippen LogP contribution >= 0.6 is 0 Å². The van der Waals surface area contributed by atoms with Gasteiger partial charge in [0.05, 0.1) is 0 Å². The van der Waals surface area contributed by atoms with Crippen molar-refractivity contribution < 1.29 is 18.7 Å². The van der Waals surface area contributed by atoms with Crippen LogP contribution in [0, 0.1) is 0 Å². The molecule has 0 bridgehead atoms. The second-order valence-electron chi connectivity index (χ2n) is 7.27. The molecule has 1 atom stereocenters. The SMILES string of the molecule is C=C/C=C\C(=C/C)c1cc(=O)oc2cc(O[C@H](C)C(=O)OC(C)(C)C)ccc12. The number of carbonyl (C=O) groups is 1. The molecule has 0 fully saturated rings. The van der Waals surface area contributed by atoms with Crippen LogP contribution in [-0.2, 0) is 9.53 Å². The lowest BCUT2D eigenvalue weighted by molar-refractivity contribution is -0.162. The van der Waals surface area contributed by atoms with Crippen molar-refractivity contribution in [1.29, 1.82) is 0 Å². The monoisotopic (exact) mass is 382 g/mol. The van der Waals surface area contributed by atoms with Crippen LogP contribution < -0.4 is 10.4 Å². The second kappa shape index (κ2) is 8.74. The number of esters is 1. The van der Waals surface area contributed by atoms with Crippen molar-refractivity contribution in [2.45, 2.75) is 46.3 Å². The molecular formula is C23H26O5. The first-order valence-corrected chi connectivity index (χ1v) is 9.08. The lowest BCUT2D eigenvalue weighted by Gasteiger charge is -2.22. The largest absolute Gasteiger partial charge is 0.479 e. The third kappa shape index (κ3) is 5.46. The number of carbonyl (C=O) groups excluding carboxylic acids is 1. The minimum atomic E-state index is -0.798. The first-order chi connectivity index (χ1) is 13.1. The molecule has 0 aliphatic rings. The Morgan fingerprint density at radius 1 is 1.25 bits per heavy atom. The molecule has 1 aromatic heterocycles. The van der Waals surface area contributed by atoms with E-state index in [0.29, 0.717) is 11.3 Å². The van der Waals surface area contributed by atoms with Crippen LogP contribution in [0.4, 0.5) is 0 Å².